The van der Waals surface area contributed by atoms with Crippen molar-refractivity contribution in [2.75, 3.05) is 13.6 Å². The Bertz CT molecular complexity index is 347. The number of rotatable bonds is 3. The van der Waals surface area contributed by atoms with Crippen molar-refractivity contribution in [3.8, 4) is 5.75 Å². The summed E-state index contributed by atoms with van der Waals surface area (Å²) in [4.78, 5) is 0. The molecule has 1 saturated carbocycles. The molecule has 2 nitrogen and oxygen atoms in total. The van der Waals surface area contributed by atoms with Crippen LogP contribution in [0.25, 0.3) is 0 Å². The minimum Gasteiger partial charge on any atom is -0.508 e. The Morgan fingerprint density at radius 3 is 2.71 bits per heavy atom. The van der Waals surface area contributed by atoms with Crippen molar-refractivity contribution in [2.24, 2.45) is 0 Å². The molecular weight excluding hydrogens is 198 g/mol. The lowest BCUT2D eigenvalue weighted by molar-refractivity contribution is 0.474. The molecule has 0 atom stereocenters. The van der Waals surface area contributed by atoms with Crippen LogP contribution >= 0.6 is 11.6 Å². The van der Waals surface area contributed by atoms with Crippen LogP contribution in [0.2, 0.25) is 5.02 Å². The molecule has 0 spiro atoms. The van der Waals surface area contributed by atoms with E-state index in [9.17, 15) is 5.11 Å². The van der Waals surface area contributed by atoms with Gasteiger partial charge in [0, 0.05) is 17.0 Å². The number of benzene rings is 1. The van der Waals surface area contributed by atoms with E-state index in [4.69, 9.17) is 11.6 Å². The Hall–Kier alpha value is -0.730. The van der Waals surface area contributed by atoms with Crippen LogP contribution in [-0.2, 0) is 5.41 Å². The summed E-state index contributed by atoms with van der Waals surface area (Å²) in [5.74, 6) is 0.235. The molecule has 1 aliphatic carbocycles. The average Bonchev–Trinajstić information content (AvgIpc) is 2.86. The van der Waals surface area contributed by atoms with Crippen LogP contribution in [0.5, 0.6) is 5.75 Å². The van der Waals surface area contributed by atoms with Crippen LogP contribution in [0.3, 0.4) is 0 Å². The van der Waals surface area contributed by atoms with Crippen LogP contribution in [0.15, 0.2) is 18.2 Å². The number of likely N-dealkylation sites (N-methyl/N-ethyl adjacent to an activating group) is 1. The first kappa shape index (κ1) is 9.81. The summed E-state index contributed by atoms with van der Waals surface area (Å²) >= 11 is 6.10. The van der Waals surface area contributed by atoms with Crippen molar-refractivity contribution in [2.45, 2.75) is 18.3 Å². The molecule has 14 heavy (non-hydrogen) atoms. The van der Waals surface area contributed by atoms with Gasteiger partial charge in [0.05, 0.1) is 0 Å². The minimum absolute atomic E-state index is 0.222. The van der Waals surface area contributed by atoms with Crippen molar-refractivity contribution < 1.29 is 5.11 Å². The molecule has 3 heteroatoms. The fourth-order valence-electron chi connectivity index (χ4n) is 1.96. The lowest BCUT2D eigenvalue weighted by Crippen LogP contribution is -2.23. The van der Waals surface area contributed by atoms with E-state index in [0.717, 1.165) is 12.1 Å². The van der Waals surface area contributed by atoms with E-state index in [1.165, 1.54) is 12.8 Å². The topological polar surface area (TPSA) is 32.3 Å². The van der Waals surface area contributed by atoms with Gasteiger partial charge in [0.1, 0.15) is 5.75 Å². The molecule has 0 bridgehead atoms. The molecule has 0 aromatic heterocycles. The third kappa shape index (κ3) is 1.60. The number of nitrogens with one attached hydrogen (secondary N) is 1. The fraction of sp³-hybridized carbons (Fsp3) is 0.455. The molecule has 0 unspecified atom stereocenters. The number of hydrogen-bond acceptors (Lipinski definition) is 2. The van der Waals surface area contributed by atoms with E-state index >= 15 is 0 Å². The predicted octanol–water partition coefficient (Wildman–Crippen LogP) is 2.30. The Morgan fingerprint density at radius 1 is 1.50 bits per heavy atom. The summed E-state index contributed by atoms with van der Waals surface area (Å²) in [6.45, 7) is 0.956. The molecule has 1 aliphatic rings. The SMILES string of the molecule is CNCC1(c2ccc(O)cc2Cl)CC1. The summed E-state index contributed by atoms with van der Waals surface area (Å²) in [7, 11) is 1.95. The largest absolute Gasteiger partial charge is 0.508 e. The van der Waals surface area contributed by atoms with Crippen molar-refractivity contribution in [3.05, 3.63) is 28.8 Å². The molecule has 0 heterocycles. The summed E-state index contributed by atoms with van der Waals surface area (Å²) in [5.41, 5.74) is 1.38. The Kier molecular flexibility index (Phi) is 2.41. The molecule has 2 N–H and O–H groups in total. The molecule has 0 radical (unpaired) electrons. The maximum atomic E-state index is 9.25. The average molecular weight is 212 g/mol. The van der Waals surface area contributed by atoms with Crippen LogP contribution in [0, 0.1) is 0 Å². The highest BCUT2D eigenvalue weighted by molar-refractivity contribution is 6.31. The van der Waals surface area contributed by atoms with E-state index in [1.807, 2.05) is 13.1 Å². The first-order valence-electron chi connectivity index (χ1n) is 4.81. The Morgan fingerprint density at radius 2 is 2.21 bits per heavy atom. The second kappa shape index (κ2) is 3.44. The van der Waals surface area contributed by atoms with E-state index in [0.29, 0.717) is 5.02 Å². The molecule has 76 valence electrons. The maximum absolute atomic E-state index is 9.25. The van der Waals surface area contributed by atoms with Gasteiger partial charge in [-0.2, -0.15) is 0 Å². The Labute approximate surface area is 88.9 Å². The number of phenols is 1. The zero-order chi connectivity index (χ0) is 10.2. The monoisotopic (exact) mass is 211 g/mol. The lowest BCUT2D eigenvalue weighted by Gasteiger charge is -2.16. The zero-order valence-electron chi connectivity index (χ0n) is 8.18. The van der Waals surface area contributed by atoms with Gasteiger partial charge in [-0.1, -0.05) is 17.7 Å². The van der Waals surface area contributed by atoms with Gasteiger partial charge in [-0.15, -0.1) is 0 Å². The smallest absolute Gasteiger partial charge is 0.117 e. The van der Waals surface area contributed by atoms with Crippen molar-refractivity contribution in [1.29, 1.82) is 0 Å². The highest BCUT2D eigenvalue weighted by Gasteiger charge is 2.44. The van der Waals surface area contributed by atoms with E-state index < -0.39 is 0 Å². The molecule has 1 fully saturated rings. The second-order valence-corrected chi connectivity index (χ2v) is 4.38. The minimum atomic E-state index is 0.222. The van der Waals surface area contributed by atoms with E-state index in [-0.39, 0.29) is 11.2 Å². The molecule has 0 amide bonds. The van der Waals surface area contributed by atoms with Gasteiger partial charge in [0.2, 0.25) is 0 Å². The van der Waals surface area contributed by atoms with E-state index in [2.05, 4.69) is 5.32 Å². The quantitative estimate of drug-likeness (QED) is 0.804. The number of phenolic OH excluding ortho intramolecular Hbond substituents is 1. The Balaban J connectivity index is 2.32. The molecule has 1 aromatic carbocycles. The molecule has 2 rings (SSSR count). The fourth-order valence-corrected chi connectivity index (χ4v) is 2.34. The first-order valence-corrected chi connectivity index (χ1v) is 5.19. The summed E-state index contributed by atoms with van der Waals surface area (Å²) in [5, 5.41) is 13.1. The third-order valence-electron chi connectivity index (χ3n) is 2.89. The van der Waals surface area contributed by atoms with Crippen LogP contribution in [0.1, 0.15) is 18.4 Å². The second-order valence-electron chi connectivity index (χ2n) is 3.97. The van der Waals surface area contributed by atoms with Gasteiger partial charge in [-0.05, 0) is 37.6 Å². The van der Waals surface area contributed by atoms with Crippen molar-refractivity contribution in [1.82, 2.24) is 5.32 Å². The third-order valence-corrected chi connectivity index (χ3v) is 3.21. The summed E-state index contributed by atoms with van der Waals surface area (Å²) < 4.78 is 0. The summed E-state index contributed by atoms with van der Waals surface area (Å²) in [6.07, 6.45) is 2.36. The highest BCUT2D eigenvalue weighted by atomic mass is 35.5. The van der Waals surface area contributed by atoms with Crippen LogP contribution in [-0.4, -0.2) is 18.7 Å². The predicted molar refractivity (Wildman–Crippen MR) is 58.0 cm³/mol. The molecule has 1 aromatic rings. The van der Waals surface area contributed by atoms with Crippen LogP contribution in [0.4, 0.5) is 0 Å². The van der Waals surface area contributed by atoms with E-state index in [1.54, 1.807) is 12.1 Å². The van der Waals surface area contributed by atoms with Gasteiger partial charge in [0.25, 0.3) is 0 Å². The molecular formula is C11H14ClNO. The number of hydrogen-bond donors (Lipinski definition) is 2. The maximum Gasteiger partial charge on any atom is 0.117 e. The zero-order valence-corrected chi connectivity index (χ0v) is 8.93. The highest BCUT2D eigenvalue weighted by Crippen LogP contribution is 2.50. The van der Waals surface area contributed by atoms with Gasteiger partial charge in [-0.25, -0.2) is 0 Å². The standard InChI is InChI=1S/C11H14ClNO/c1-13-7-11(4-5-11)9-3-2-8(14)6-10(9)12/h2-3,6,13-14H,4-5,7H2,1H3. The van der Waals surface area contributed by atoms with Gasteiger partial charge < -0.3 is 10.4 Å². The van der Waals surface area contributed by atoms with Gasteiger partial charge in [0.15, 0.2) is 0 Å². The molecule has 0 aliphatic heterocycles. The normalized spacial score (nSPS) is 18.1. The number of halogens is 1. The van der Waals surface area contributed by atoms with Crippen molar-refractivity contribution >= 4 is 11.6 Å². The van der Waals surface area contributed by atoms with Gasteiger partial charge >= 0.3 is 0 Å². The van der Waals surface area contributed by atoms with Gasteiger partial charge in [-0.3, -0.25) is 0 Å². The first-order chi connectivity index (χ1) is 6.68. The van der Waals surface area contributed by atoms with Crippen molar-refractivity contribution in [3.63, 3.8) is 0 Å². The number of aromatic hydroxyl groups is 1. The lowest BCUT2D eigenvalue weighted by atomic mass is 9.96. The molecule has 0 saturated heterocycles. The summed E-state index contributed by atoms with van der Waals surface area (Å²) in [6, 6.07) is 5.26. The van der Waals surface area contributed by atoms with Crippen LogP contribution < -0.4 is 5.32 Å².